The second kappa shape index (κ2) is 4.78. The van der Waals surface area contributed by atoms with E-state index in [0.29, 0.717) is 5.69 Å². The number of nitrogens with zero attached hydrogens (tertiary/aromatic N) is 1. The van der Waals surface area contributed by atoms with E-state index in [1.165, 1.54) is 6.26 Å². The van der Waals surface area contributed by atoms with Gasteiger partial charge in [-0.15, -0.1) is 0 Å². The Bertz CT molecular complexity index is 898. The van der Waals surface area contributed by atoms with E-state index in [4.69, 9.17) is 5.73 Å². The lowest BCUT2D eigenvalue weighted by Crippen LogP contribution is -1.99. The fraction of sp³-hybridized carbons (Fsp3) is 0.0714. The lowest BCUT2D eigenvalue weighted by atomic mass is 10.2. The van der Waals surface area contributed by atoms with Gasteiger partial charge in [0.15, 0.2) is 9.84 Å². The average molecular weight is 302 g/mol. The van der Waals surface area contributed by atoms with E-state index in [1.807, 2.05) is 12.1 Å². The molecule has 7 heteroatoms. The Labute approximate surface area is 121 Å². The van der Waals surface area contributed by atoms with Crippen molar-refractivity contribution in [2.45, 2.75) is 4.90 Å². The molecule has 3 rings (SSSR count). The Kier molecular flexibility index (Phi) is 3.06. The summed E-state index contributed by atoms with van der Waals surface area (Å²) in [4.78, 5) is 0.282. The number of sulfone groups is 1. The molecule has 0 unspecified atom stereocenters. The minimum Gasteiger partial charge on any atom is -0.397 e. The summed E-state index contributed by atoms with van der Waals surface area (Å²) in [6.07, 6.45) is 2.88. The van der Waals surface area contributed by atoms with Crippen LogP contribution in [0.2, 0.25) is 0 Å². The van der Waals surface area contributed by atoms with Crippen molar-refractivity contribution in [3.05, 3.63) is 42.6 Å². The van der Waals surface area contributed by atoms with Crippen LogP contribution in [-0.2, 0) is 9.84 Å². The van der Waals surface area contributed by atoms with Crippen molar-refractivity contribution in [3.8, 4) is 0 Å². The molecule has 108 valence electrons. The van der Waals surface area contributed by atoms with E-state index in [1.54, 1.807) is 30.5 Å². The van der Waals surface area contributed by atoms with Crippen molar-refractivity contribution in [1.29, 1.82) is 0 Å². The number of rotatable bonds is 3. The van der Waals surface area contributed by atoms with Crippen LogP contribution in [0.1, 0.15) is 0 Å². The third-order valence-corrected chi connectivity index (χ3v) is 4.30. The zero-order valence-corrected chi connectivity index (χ0v) is 12.1. The monoisotopic (exact) mass is 302 g/mol. The number of anilines is 3. The minimum absolute atomic E-state index is 0.282. The molecule has 0 saturated heterocycles. The Hall–Kier alpha value is -2.54. The van der Waals surface area contributed by atoms with Crippen LogP contribution >= 0.6 is 0 Å². The Balaban J connectivity index is 1.93. The number of nitrogen functional groups attached to an aromatic ring is 1. The van der Waals surface area contributed by atoms with Gasteiger partial charge in [0, 0.05) is 17.3 Å². The van der Waals surface area contributed by atoms with E-state index < -0.39 is 9.84 Å². The Morgan fingerprint density at radius 3 is 2.57 bits per heavy atom. The summed E-state index contributed by atoms with van der Waals surface area (Å²) in [7, 11) is -3.19. The summed E-state index contributed by atoms with van der Waals surface area (Å²) in [5, 5.41) is 10.9. The average Bonchev–Trinajstić information content (AvgIpc) is 2.86. The van der Waals surface area contributed by atoms with Crippen molar-refractivity contribution in [2.75, 3.05) is 17.3 Å². The summed E-state index contributed by atoms with van der Waals surface area (Å²) < 4.78 is 22.8. The van der Waals surface area contributed by atoms with Crippen LogP contribution in [0.3, 0.4) is 0 Å². The zero-order chi connectivity index (χ0) is 15.0. The van der Waals surface area contributed by atoms with Crippen molar-refractivity contribution < 1.29 is 8.42 Å². The first kappa shape index (κ1) is 13.4. The van der Waals surface area contributed by atoms with Gasteiger partial charge in [0.1, 0.15) is 0 Å². The summed E-state index contributed by atoms with van der Waals surface area (Å²) in [5.41, 5.74) is 8.95. The zero-order valence-electron chi connectivity index (χ0n) is 11.3. The molecule has 0 aliphatic heterocycles. The van der Waals surface area contributed by atoms with Crippen molar-refractivity contribution in [2.24, 2.45) is 0 Å². The highest BCUT2D eigenvalue weighted by molar-refractivity contribution is 7.90. The molecule has 1 aromatic heterocycles. The molecule has 21 heavy (non-hydrogen) atoms. The first-order chi connectivity index (χ1) is 9.93. The van der Waals surface area contributed by atoms with E-state index >= 15 is 0 Å². The van der Waals surface area contributed by atoms with Gasteiger partial charge >= 0.3 is 0 Å². The highest BCUT2D eigenvalue weighted by atomic mass is 32.2. The molecule has 0 aliphatic rings. The maximum absolute atomic E-state index is 11.4. The van der Waals surface area contributed by atoms with Gasteiger partial charge < -0.3 is 11.1 Å². The first-order valence-corrected chi connectivity index (χ1v) is 8.12. The lowest BCUT2D eigenvalue weighted by Gasteiger charge is -2.10. The molecule has 0 spiro atoms. The molecule has 6 nitrogen and oxygen atoms in total. The quantitative estimate of drug-likeness (QED) is 0.644. The SMILES string of the molecule is CS(=O)(=O)c1ccc(Nc2cc3[nH]ncc3cc2N)cc1. The van der Waals surface area contributed by atoms with E-state index in [0.717, 1.165) is 22.3 Å². The molecular formula is C14H14N4O2S. The highest BCUT2D eigenvalue weighted by Gasteiger charge is 2.07. The third-order valence-electron chi connectivity index (χ3n) is 3.17. The Morgan fingerprint density at radius 2 is 1.90 bits per heavy atom. The van der Waals surface area contributed by atoms with Crippen LogP contribution in [0.25, 0.3) is 10.9 Å². The van der Waals surface area contributed by atoms with Crippen LogP contribution in [-0.4, -0.2) is 24.9 Å². The van der Waals surface area contributed by atoms with Crippen LogP contribution in [0, 0.1) is 0 Å². The molecule has 0 bridgehead atoms. The number of H-pyrrole nitrogens is 1. The van der Waals surface area contributed by atoms with Gasteiger partial charge in [0.25, 0.3) is 0 Å². The normalized spacial score (nSPS) is 11.7. The predicted octanol–water partition coefficient (Wildman–Crippen LogP) is 2.29. The van der Waals surface area contributed by atoms with E-state index in [2.05, 4.69) is 15.5 Å². The van der Waals surface area contributed by atoms with Gasteiger partial charge in [0.2, 0.25) is 0 Å². The van der Waals surface area contributed by atoms with Gasteiger partial charge in [-0.3, -0.25) is 5.10 Å². The summed E-state index contributed by atoms with van der Waals surface area (Å²) in [6, 6.07) is 10.2. The molecular weight excluding hydrogens is 288 g/mol. The van der Waals surface area contributed by atoms with Crippen molar-refractivity contribution >= 4 is 37.8 Å². The van der Waals surface area contributed by atoms with E-state index in [-0.39, 0.29) is 4.90 Å². The molecule has 0 radical (unpaired) electrons. The van der Waals surface area contributed by atoms with Gasteiger partial charge in [-0.1, -0.05) is 0 Å². The maximum atomic E-state index is 11.4. The fourth-order valence-electron chi connectivity index (χ4n) is 2.06. The summed E-state index contributed by atoms with van der Waals surface area (Å²) in [5.74, 6) is 0. The summed E-state index contributed by atoms with van der Waals surface area (Å²) in [6.45, 7) is 0. The van der Waals surface area contributed by atoms with Crippen molar-refractivity contribution in [3.63, 3.8) is 0 Å². The second-order valence-corrected chi connectivity index (χ2v) is 6.83. The van der Waals surface area contributed by atoms with E-state index in [9.17, 15) is 8.42 Å². The number of hydrogen-bond acceptors (Lipinski definition) is 5. The second-order valence-electron chi connectivity index (χ2n) is 4.82. The largest absolute Gasteiger partial charge is 0.397 e. The number of aromatic amines is 1. The van der Waals surface area contributed by atoms with Crippen LogP contribution in [0.4, 0.5) is 17.1 Å². The molecule has 0 aliphatic carbocycles. The molecule has 0 amide bonds. The lowest BCUT2D eigenvalue weighted by molar-refractivity contribution is 0.602. The van der Waals surface area contributed by atoms with Gasteiger partial charge in [-0.2, -0.15) is 5.10 Å². The molecule has 4 N–H and O–H groups in total. The maximum Gasteiger partial charge on any atom is 0.175 e. The smallest absolute Gasteiger partial charge is 0.175 e. The molecule has 0 saturated carbocycles. The standard InChI is InChI=1S/C14H14N4O2S/c1-21(19,20)11-4-2-10(3-5-11)17-14-7-13-9(6-12(14)15)8-16-18-13/h2-8,17H,15H2,1H3,(H,16,18). The Morgan fingerprint density at radius 1 is 1.19 bits per heavy atom. The van der Waals surface area contributed by atoms with Crippen molar-refractivity contribution in [1.82, 2.24) is 10.2 Å². The number of aromatic nitrogens is 2. The van der Waals surface area contributed by atoms with Gasteiger partial charge in [0.05, 0.1) is 28.0 Å². The number of nitrogens with one attached hydrogen (secondary N) is 2. The minimum atomic E-state index is -3.19. The molecule has 3 aromatic rings. The number of benzene rings is 2. The third kappa shape index (κ3) is 2.68. The number of hydrogen-bond donors (Lipinski definition) is 3. The van der Waals surface area contributed by atoms with Crippen LogP contribution < -0.4 is 11.1 Å². The predicted molar refractivity (Wildman–Crippen MR) is 83.3 cm³/mol. The van der Waals surface area contributed by atoms with Gasteiger partial charge in [-0.25, -0.2) is 8.42 Å². The number of nitrogens with two attached hydrogens (primary N) is 1. The van der Waals surface area contributed by atoms with Gasteiger partial charge in [-0.05, 0) is 36.4 Å². The molecule has 0 atom stereocenters. The fourth-order valence-corrected chi connectivity index (χ4v) is 2.69. The molecule has 2 aromatic carbocycles. The molecule has 0 fully saturated rings. The first-order valence-electron chi connectivity index (χ1n) is 6.23. The topological polar surface area (TPSA) is 101 Å². The van der Waals surface area contributed by atoms with Crippen LogP contribution in [0.15, 0.2) is 47.5 Å². The number of fused-ring (bicyclic) bond motifs is 1. The highest BCUT2D eigenvalue weighted by Crippen LogP contribution is 2.28. The molecule has 1 heterocycles. The summed E-state index contributed by atoms with van der Waals surface area (Å²) >= 11 is 0. The van der Waals surface area contributed by atoms with Crippen LogP contribution in [0.5, 0.6) is 0 Å².